The molecule has 0 aliphatic rings. The van der Waals surface area contributed by atoms with E-state index < -0.39 is 5.69 Å². The lowest BCUT2D eigenvalue weighted by molar-refractivity contribution is 0.711. The third-order valence-corrected chi connectivity index (χ3v) is 3.98. The summed E-state index contributed by atoms with van der Waals surface area (Å²) in [6, 6.07) is 12.5. The molecule has 4 aromatic rings. The molecule has 6 nitrogen and oxygen atoms in total. The Balaban J connectivity index is 1.96. The molecule has 0 saturated carbocycles. The molecule has 4 rings (SSSR count). The van der Waals surface area contributed by atoms with Crippen LogP contribution in [0.1, 0.15) is 5.56 Å². The van der Waals surface area contributed by atoms with E-state index in [1.54, 1.807) is 41.0 Å². The van der Waals surface area contributed by atoms with Gasteiger partial charge in [0, 0.05) is 11.2 Å². The van der Waals surface area contributed by atoms with Crippen LogP contribution in [-0.4, -0.2) is 19.2 Å². The maximum atomic E-state index is 12.8. The van der Waals surface area contributed by atoms with Gasteiger partial charge in [-0.25, -0.2) is 9.31 Å². The first kappa shape index (κ1) is 13.8. The minimum absolute atomic E-state index is 0.172. The van der Waals surface area contributed by atoms with Crippen molar-refractivity contribution in [1.82, 2.24) is 19.2 Å². The van der Waals surface area contributed by atoms with Crippen molar-refractivity contribution in [2.75, 3.05) is 0 Å². The van der Waals surface area contributed by atoms with E-state index in [-0.39, 0.29) is 12.1 Å². The number of rotatable bonds is 2. The minimum atomic E-state index is -0.485. The summed E-state index contributed by atoms with van der Waals surface area (Å²) < 4.78 is 2.74. The number of fused-ring (bicyclic) bond motifs is 3. The van der Waals surface area contributed by atoms with Crippen molar-refractivity contribution in [2.45, 2.75) is 6.54 Å². The highest BCUT2D eigenvalue weighted by Crippen LogP contribution is 2.13. The molecule has 114 valence electrons. The zero-order valence-electron chi connectivity index (χ0n) is 11.9. The maximum absolute atomic E-state index is 12.8. The summed E-state index contributed by atoms with van der Waals surface area (Å²) in [7, 11) is 0. The van der Waals surface area contributed by atoms with Crippen LogP contribution in [0, 0.1) is 0 Å². The van der Waals surface area contributed by atoms with E-state index in [4.69, 9.17) is 11.6 Å². The van der Waals surface area contributed by atoms with Gasteiger partial charge in [-0.3, -0.25) is 14.3 Å². The van der Waals surface area contributed by atoms with Gasteiger partial charge in [-0.05, 0) is 29.8 Å². The van der Waals surface area contributed by atoms with Crippen LogP contribution in [0.25, 0.3) is 16.6 Å². The molecule has 0 aliphatic carbocycles. The van der Waals surface area contributed by atoms with Gasteiger partial charge in [-0.15, -0.1) is 5.10 Å². The number of aromatic nitrogens is 4. The number of aromatic amines is 1. The largest absolute Gasteiger partial charge is 0.330 e. The van der Waals surface area contributed by atoms with Gasteiger partial charge in [-0.1, -0.05) is 29.8 Å². The number of H-pyrrole nitrogens is 1. The predicted molar refractivity (Wildman–Crippen MR) is 88.1 cm³/mol. The average molecular weight is 327 g/mol. The molecule has 7 heteroatoms. The topological polar surface area (TPSA) is 72.2 Å². The lowest BCUT2D eigenvalue weighted by Gasteiger charge is -2.04. The quantitative estimate of drug-likeness (QED) is 0.612. The van der Waals surface area contributed by atoms with Crippen LogP contribution in [-0.2, 0) is 6.54 Å². The van der Waals surface area contributed by atoms with Gasteiger partial charge in [0.25, 0.3) is 5.56 Å². The van der Waals surface area contributed by atoms with E-state index >= 15 is 0 Å². The number of hydrogen-bond acceptors (Lipinski definition) is 3. The molecule has 0 amide bonds. The lowest BCUT2D eigenvalue weighted by atomic mass is 10.2. The normalized spacial score (nSPS) is 11.3. The Morgan fingerprint density at radius 1 is 1.09 bits per heavy atom. The Morgan fingerprint density at radius 2 is 1.87 bits per heavy atom. The number of nitrogens with zero attached hydrogens (tertiary/aromatic N) is 3. The zero-order valence-corrected chi connectivity index (χ0v) is 12.6. The highest BCUT2D eigenvalue weighted by Gasteiger charge is 2.14. The molecule has 3 heterocycles. The summed E-state index contributed by atoms with van der Waals surface area (Å²) in [6.45, 7) is 0.172. The van der Waals surface area contributed by atoms with E-state index in [1.165, 1.54) is 4.57 Å². The van der Waals surface area contributed by atoms with Gasteiger partial charge in [-0.2, -0.15) is 0 Å². The highest BCUT2D eigenvalue weighted by atomic mass is 35.5. The third kappa shape index (κ3) is 2.24. The molecule has 0 atom stereocenters. The highest BCUT2D eigenvalue weighted by molar-refractivity contribution is 6.30. The van der Waals surface area contributed by atoms with Crippen molar-refractivity contribution < 1.29 is 0 Å². The molecule has 1 N–H and O–H groups in total. The zero-order chi connectivity index (χ0) is 16.0. The molecule has 0 spiro atoms. The smallest absolute Gasteiger partial charge is 0.290 e. The fraction of sp³-hybridized carbons (Fsp3) is 0.0625. The van der Waals surface area contributed by atoms with Gasteiger partial charge < -0.3 is 0 Å². The molecule has 0 unspecified atom stereocenters. The third-order valence-electron chi connectivity index (χ3n) is 3.72. The standard InChI is InChI=1S/C16H11ClN4O2/c17-11-6-4-10(5-7-11)9-20-15(22)13-12-3-1-2-8-21(12)19-14(13)18-16(20)23/h1-8H,9H2,(H,18,19,23). The van der Waals surface area contributed by atoms with Crippen molar-refractivity contribution in [3.05, 3.63) is 80.1 Å². The van der Waals surface area contributed by atoms with Gasteiger partial charge >= 0.3 is 5.69 Å². The van der Waals surface area contributed by atoms with Crippen LogP contribution >= 0.6 is 11.6 Å². The van der Waals surface area contributed by atoms with Gasteiger partial charge in [0.1, 0.15) is 5.39 Å². The van der Waals surface area contributed by atoms with E-state index in [2.05, 4.69) is 10.1 Å². The minimum Gasteiger partial charge on any atom is -0.290 e. The first-order chi connectivity index (χ1) is 11.1. The number of halogens is 1. The molecule has 0 fully saturated rings. The monoisotopic (exact) mass is 326 g/mol. The van der Waals surface area contributed by atoms with Crippen molar-refractivity contribution in [1.29, 1.82) is 0 Å². The molecular formula is C16H11ClN4O2. The van der Waals surface area contributed by atoms with E-state index in [0.717, 1.165) is 5.56 Å². The molecule has 0 radical (unpaired) electrons. The van der Waals surface area contributed by atoms with Gasteiger partial charge in [0.2, 0.25) is 0 Å². The van der Waals surface area contributed by atoms with Crippen LogP contribution in [0.15, 0.2) is 58.3 Å². The number of pyridine rings is 1. The van der Waals surface area contributed by atoms with Gasteiger partial charge in [0.05, 0.1) is 12.1 Å². The summed E-state index contributed by atoms with van der Waals surface area (Å²) >= 11 is 5.86. The fourth-order valence-corrected chi connectivity index (χ4v) is 2.73. The summed E-state index contributed by atoms with van der Waals surface area (Å²) in [4.78, 5) is 27.7. The second kappa shape index (κ2) is 5.10. The van der Waals surface area contributed by atoms with Crippen molar-refractivity contribution >= 4 is 28.2 Å². The molecular weight excluding hydrogens is 316 g/mol. The Morgan fingerprint density at radius 3 is 2.65 bits per heavy atom. The van der Waals surface area contributed by atoms with Crippen molar-refractivity contribution in [2.24, 2.45) is 0 Å². The second-order valence-corrected chi connectivity index (χ2v) is 5.64. The summed E-state index contributed by atoms with van der Waals surface area (Å²) in [5, 5.41) is 5.23. The summed E-state index contributed by atoms with van der Waals surface area (Å²) in [6.07, 6.45) is 1.73. The molecule has 0 saturated heterocycles. The number of benzene rings is 1. The van der Waals surface area contributed by atoms with E-state index in [9.17, 15) is 9.59 Å². The van der Waals surface area contributed by atoms with Crippen molar-refractivity contribution in [3.63, 3.8) is 0 Å². The Kier molecular flexibility index (Phi) is 3.06. The fourth-order valence-electron chi connectivity index (χ4n) is 2.61. The van der Waals surface area contributed by atoms with Crippen LogP contribution in [0.3, 0.4) is 0 Å². The molecule has 3 aromatic heterocycles. The molecule has 0 bridgehead atoms. The first-order valence-corrected chi connectivity index (χ1v) is 7.36. The second-order valence-electron chi connectivity index (χ2n) is 5.20. The molecule has 1 aromatic carbocycles. The Bertz CT molecular complexity index is 1140. The summed E-state index contributed by atoms with van der Waals surface area (Å²) in [5.74, 6) is 0. The maximum Gasteiger partial charge on any atom is 0.330 e. The SMILES string of the molecule is O=c1[nH]c2nn3ccccc3c2c(=O)n1Cc1ccc(Cl)cc1. The first-order valence-electron chi connectivity index (χ1n) is 6.98. The predicted octanol–water partition coefficient (Wildman–Crippen LogP) is 2.04. The van der Waals surface area contributed by atoms with Crippen LogP contribution < -0.4 is 11.2 Å². The van der Waals surface area contributed by atoms with E-state index in [0.29, 0.717) is 21.6 Å². The van der Waals surface area contributed by atoms with E-state index in [1.807, 2.05) is 12.1 Å². The number of nitrogens with one attached hydrogen (secondary N) is 1. The van der Waals surface area contributed by atoms with Crippen LogP contribution in [0.5, 0.6) is 0 Å². The lowest BCUT2D eigenvalue weighted by Crippen LogP contribution is -2.35. The summed E-state index contributed by atoms with van der Waals surface area (Å²) in [5.41, 5.74) is 0.922. The van der Waals surface area contributed by atoms with Gasteiger partial charge in [0.15, 0.2) is 5.65 Å². The van der Waals surface area contributed by atoms with Crippen LogP contribution in [0.2, 0.25) is 5.02 Å². The van der Waals surface area contributed by atoms with Crippen molar-refractivity contribution in [3.8, 4) is 0 Å². The Hall–Kier alpha value is -2.86. The Labute approximate surface area is 134 Å². The van der Waals surface area contributed by atoms with Crippen LogP contribution in [0.4, 0.5) is 0 Å². The average Bonchev–Trinajstić information content (AvgIpc) is 2.91. The number of hydrogen-bond donors (Lipinski definition) is 1. The molecule has 23 heavy (non-hydrogen) atoms. The molecule has 0 aliphatic heterocycles.